The van der Waals surface area contributed by atoms with Gasteiger partial charge in [0.1, 0.15) is 5.82 Å². The molecule has 0 unspecified atom stereocenters. The van der Waals surface area contributed by atoms with E-state index in [-0.39, 0.29) is 22.0 Å². The Labute approximate surface area is 183 Å². The lowest BCUT2D eigenvalue weighted by Gasteiger charge is -2.34. The van der Waals surface area contributed by atoms with Gasteiger partial charge in [0.25, 0.3) is 15.9 Å². The number of nitrogens with two attached hydrogens (primary N) is 1. The summed E-state index contributed by atoms with van der Waals surface area (Å²) in [6.45, 7) is 7.47. The molecule has 1 aromatic heterocycles. The van der Waals surface area contributed by atoms with Crippen LogP contribution < -0.4 is 15.4 Å². The number of aromatic nitrogens is 1. The van der Waals surface area contributed by atoms with Crippen molar-refractivity contribution in [1.82, 2.24) is 9.71 Å². The predicted molar refractivity (Wildman–Crippen MR) is 121 cm³/mol. The molecule has 1 aliphatic rings. The van der Waals surface area contributed by atoms with E-state index in [0.717, 1.165) is 18.5 Å². The summed E-state index contributed by atoms with van der Waals surface area (Å²) in [5, 5.41) is 0. The zero-order valence-electron chi connectivity index (χ0n) is 18.4. The van der Waals surface area contributed by atoms with Gasteiger partial charge in [0, 0.05) is 37.0 Å². The summed E-state index contributed by atoms with van der Waals surface area (Å²) in [5.74, 6) is -0.222. The number of pyridine rings is 1. The number of carbonyl (C=O) groups excluding carboxylic acids is 1. The Morgan fingerprint density at radius 3 is 2.29 bits per heavy atom. The molecular weight excluding hydrogens is 416 g/mol. The number of nitrogens with one attached hydrogen (secondary N) is 1. The van der Waals surface area contributed by atoms with E-state index in [9.17, 15) is 13.2 Å². The monoisotopic (exact) mass is 446 g/mol. The smallest absolute Gasteiger partial charge is 0.268 e. The number of benzene rings is 1. The number of amides is 1. The molecule has 0 radical (unpaired) electrons. The molecule has 0 aliphatic carbocycles. The molecular formula is C22H30N4O4S. The van der Waals surface area contributed by atoms with Crippen molar-refractivity contribution in [2.24, 2.45) is 0 Å². The molecule has 3 N–H and O–H groups in total. The van der Waals surface area contributed by atoms with E-state index in [2.05, 4.69) is 4.72 Å². The van der Waals surface area contributed by atoms with Crippen molar-refractivity contribution >= 4 is 27.4 Å². The maximum Gasteiger partial charge on any atom is 0.268 e. The van der Waals surface area contributed by atoms with Crippen molar-refractivity contribution in [3.05, 3.63) is 47.7 Å². The lowest BCUT2D eigenvalue weighted by molar-refractivity contribution is 0.0817. The Morgan fingerprint density at radius 2 is 1.74 bits per heavy atom. The Bertz CT molecular complexity index is 1040. The lowest BCUT2D eigenvalue weighted by Crippen LogP contribution is -2.39. The first-order valence-electron chi connectivity index (χ1n) is 10.2. The maximum atomic E-state index is 13.0. The molecule has 0 spiro atoms. The third-order valence-electron chi connectivity index (χ3n) is 5.38. The lowest BCUT2D eigenvalue weighted by atomic mass is 9.91. The summed E-state index contributed by atoms with van der Waals surface area (Å²) in [6.07, 6.45) is 1.79. The summed E-state index contributed by atoms with van der Waals surface area (Å²) in [5.41, 5.74) is 6.90. The van der Waals surface area contributed by atoms with E-state index in [0.29, 0.717) is 24.6 Å². The molecule has 8 nitrogen and oxygen atoms in total. The molecule has 2 aromatic rings. The number of ether oxygens (including phenoxy) is 1. The molecule has 0 atom stereocenters. The van der Waals surface area contributed by atoms with Crippen molar-refractivity contribution in [3.63, 3.8) is 0 Å². The Hall–Kier alpha value is -2.65. The largest absolute Gasteiger partial charge is 0.399 e. The zero-order valence-corrected chi connectivity index (χ0v) is 19.2. The van der Waals surface area contributed by atoms with Gasteiger partial charge in [0.2, 0.25) is 0 Å². The van der Waals surface area contributed by atoms with Crippen LogP contribution in [0.3, 0.4) is 0 Å². The number of anilines is 2. The number of methoxy groups -OCH3 is 1. The van der Waals surface area contributed by atoms with Gasteiger partial charge in [-0.25, -0.2) is 18.1 Å². The van der Waals surface area contributed by atoms with Gasteiger partial charge in [-0.05, 0) is 49.2 Å². The van der Waals surface area contributed by atoms with Crippen LogP contribution in [0.15, 0.2) is 41.3 Å². The summed E-state index contributed by atoms with van der Waals surface area (Å²) in [7, 11) is -2.35. The minimum absolute atomic E-state index is 0.0308. The van der Waals surface area contributed by atoms with Gasteiger partial charge >= 0.3 is 0 Å². The number of sulfonamides is 1. The molecule has 168 valence electrons. The number of nitrogen functional groups attached to an aromatic ring is 1. The van der Waals surface area contributed by atoms with E-state index < -0.39 is 15.9 Å². The topological polar surface area (TPSA) is 115 Å². The van der Waals surface area contributed by atoms with Gasteiger partial charge in [0.05, 0.1) is 16.6 Å². The fraction of sp³-hybridized carbons (Fsp3) is 0.455. The van der Waals surface area contributed by atoms with Crippen LogP contribution in [0.4, 0.5) is 11.5 Å². The molecule has 0 saturated carbocycles. The number of carbonyl (C=O) groups is 1. The van der Waals surface area contributed by atoms with Crippen molar-refractivity contribution in [3.8, 4) is 0 Å². The van der Waals surface area contributed by atoms with E-state index in [1.165, 1.54) is 24.3 Å². The summed E-state index contributed by atoms with van der Waals surface area (Å²) in [6, 6.07) is 9.11. The third kappa shape index (κ3) is 5.34. The first kappa shape index (κ1) is 23.0. The number of rotatable bonds is 5. The second-order valence-electron chi connectivity index (χ2n) is 8.74. The zero-order chi connectivity index (χ0) is 22.8. The Balaban J connectivity index is 1.93. The minimum Gasteiger partial charge on any atom is -0.399 e. The first-order chi connectivity index (χ1) is 14.5. The SMILES string of the molecule is COC1CCN(c2nc(C(C)(C)C)ccc2C(=O)NS(=O)(=O)c2ccc(N)cc2)CC1. The highest BCUT2D eigenvalue weighted by atomic mass is 32.2. The van der Waals surface area contributed by atoms with E-state index in [1.807, 2.05) is 25.7 Å². The average Bonchev–Trinajstić information content (AvgIpc) is 2.72. The van der Waals surface area contributed by atoms with Gasteiger partial charge < -0.3 is 15.4 Å². The van der Waals surface area contributed by atoms with Crippen LogP contribution in [-0.2, 0) is 20.2 Å². The fourth-order valence-electron chi connectivity index (χ4n) is 3.47. The molecule has 31 heavy (non-hydrogen) atoms. The molecule has 3 rings (SSSR count). The normalized spacial score (nSPS) is 15.7. The van der Waals surface area contributed by atoms with E-state index in [1.54, 1.807) is 19.2 Å². The van der Waals surface area contributed by atoms with E-state index >= 15 is 0 Å². The summed E-state index contributed by atoms with van der Waals surface area (Å²) < 4.78 is 33.0. The van der Waals surface area contributed by atoms with Gasteiger partial charge in [-0.15, -0.1) is 0 Å². The van der Waals surface area contributed by atoms with Crippen LogP contribution in [0.2, 0.25) is 0 Å². The molecule has 1 fully saturated rings. The van der Waals surface area contributed by atoms with Gasteiger partial charge in [0.15, 0.2) is 0 Å². The number of nitrogens with zero attached hydrogens (tertiary/aromatic N) is 2. The van der Waals surface area contributed by atoms with Crippen LogP contribution in [0.1, 0.15) is 49.7 Å². The second-order valence-corrected chi connectivity index (χ2v) is 10.4. The van der Waals surface area contributed by atoms with Gasteiger partial charge in [-0.2, -0.15) is 0 Å². The standard InChI is InChI=1S/C22H30N4O4S/c1-22(2,3)19-10-9-18(20(24-19)26-13-11-16(30-4)12-14-26)21(27)25-31(28,29)17-7-5-15(23)6-8-17/h5-10,16H,11-14,23H2,1-4H3,(H,25,27). The van der Waals surface area contributed by atoms with Crippen molar-refractivity contribution in [2.45, 2.75) is 50.0 Å². The molecule has 1 saturated heterocycles. The molecule has 0 bridgehead atoms. The highest BCUT2D eigenvalue weighted by Crippen LogP contribution is 2.28. The van der Waals surface area contributed by atoms with Crippen molar-refractivity contribution in [1.29, 1.82) is 0 Å². The first-order valence-corrected chi connectivity index (χ1v) is 11.7. The van der Waals surface area contributed by atoms with Crippen LogP contribution in [-0.4, -0.2) is 45.6 Å². The summed E-state index contributed by atoms with van der Waals surface area (Å²) >= 11 is 0. The molecule has 1 amide bonds. The number of hydrogen-bond acceptors (Lipinski definition) is 7. The number of hydrogen-bond donors (Lipinski definition) is 2. The highest BCUT2D eigenvalue weighted by molar-refractivity contribution is 7.90. The number of piperidine rings is 1. The fourth-order valence-corrected chi connectivity index (χ4v) is 4.44. The summed E-state index contributed by atoms with van der Waals surface area (Å²) in [4.78, 5) is 19.8. The quantitative estimate of drug-likeness (QED) is 0.679. The van der Waals surface area contributed by atoms with Gasteiger partial charge in [-0.3, -0.25) is 4.79 Å². The van der Waals surface area contributed by atoms with Crippen molar-refractivity contribution in [2.75, 3.05) is 30.8 Å². The van der Waals surface area contributed by atoms with Crippen LogP contribution in [0.5, 0.6) is 0 Å². The third-order valence-corrected chi connectivity index (χ3v) is 6.73. The van der Waals surface area contributed by atoms with E-state index in [4.69, 9.17) is 15.5 Å². The molecule has 1 aliphatic heterocycles. The molecule has 9 heteroatoms. The van der Waals surface area contributed by atoms with Gasteiger partial charge in [-0.1, -0.05) is 20.8 Å². The average molecular weight is 447 g/mol. The van der Waals surface area contributed by atoms with Crippen LogP contribution in [0, 0.1) is 0 Å². The minimum atomic E-state index is -4.04. The second kappa shape index (κ2) is 8.84. The molecule has 1 aromatic carbocycles. The Kier molecular flexibility index (Phi) is 6.56. The highest BCUT2D eigenvalue weighted by Gasteiger charge is 2.28. The van der Waals surface area contributed by atoms with Crippen LogP contribution >= 0.6 is 0 Å². The maximum absolute atomic E-state index is 13.0. The predicted octanol–water partition coefficient (Wildman–Crippen LogP) is 2.70. The Morgan fingerprint density at radius 1 is 1.13 bits per heavy atom. The molecule has 2 heterocycles. The van der Waals surface area contributed by atoms with Crippen LogP contribution in [0.25, 0.3) is 0 Å². The van der Waals surface area contributed by atoms with Crippen molar-refractivity contribution < 1.29 is 17.9 Å².